The summed E-state index contributed by atoms with van der Waals surface area (Å²) < 4.78 is 4.97. The molecule has 0 bridgehead atoms. The third-order valence-electron chi connectivity index (χ3n) is 1.65. The van der Waals surface area contributed by atoms with Gasteiger partial charge in [-0.05, 0) is 17.4 Å². The van der Waals surface area contributed by atoms with Crippen molar-refractivity contribution in [2.75, 3.05) is 0 Å². The largest absolute Gasteiger partial charge is 0.423 e. The van der Waals surface area contributed by atoms with Gasteiger partial charge in [0.1, 0.15) is 5.58 Å². The lowest BCUT2D eigenvalue weighted by Crippen LogP contribution is -1.96. The van der Waals surface area contributed by atoms with Crippen LogP contribution in [-0.4, -0.2) is 0 Å². The summed E-state index contributed by atoms with van der Waals surface area (Å²) in [5, 5.41) is 1.96. The van der Waals surface area contributed by atoms with E-state index in [9.17, 15) is 4.79 Å². The van der Waals surface area contributed by atoms with E-state index >= 15 is 0 Å². The molecule has 0 radical (unpaired) electrons. The van der Waals surface area contributed by atoms with Crippen molar-refractivity contribution < 1.29 is 4.42 Å². The summed E-state index contributed by atoms with van der Waals surface area (Å²) >= 11 is 0. The Labute approximate surface area is 71.4 Å². The zero-order valence-electron chi connectivity index (χ0n) is 6.28. The highest BCUT2D eigenvalue weighted by atomic mass is 31.0. The van der Waals surface area contributed by atoms with Crippen LogP contribution in [-0.2, 0) is 0 Å². The van der Waals surface area contributed by atoms with Crippen molar-refractivity contribution >= 4 is 25.5 Å². The minimum Gasteiger partial charge on any atom is -0.423 e. The van der Waals surface area contributed by atoms with Crippen LogP contribution in [0, 0.1) is 0 Å². The average molecular weight is 178 g/mol. The van der Waals surface area contributed by atoms with E-state index < -0.39 is 0 Å². The average Bonchev–Trinajstić information content (AvgIpc) is 2.03. The molecule has 0 spiro atoms. The zero-order chi connectivity index (χ0) is 8.55. The van der Waals surface area contributed by atoms with E-state index in [4.69, 9.17) is 4.42 Å². The molecule has 2 rings (SSSR count). The molecule has 1 unspecified atom stereocenters. The Balaban J connectivity index is 2.89. The lowest BCUT2D eigenvalue weighted by molar-refractivity contribution is 0.561. The quantitative estimate of drug-likeness (QED) is 0.449. The Bertz CT molecular complexity index is 473. The third-order valence-corrected chi connectivity index (χ3v) is 2.01. The van der Waals surface area contributed by atoms with Crippen LogP contribution >= 0.6 is 9.24 Å². The van der Waals surface area contributed by atoms with Crippen molar-refractivity contribution in [3.8, 4) is 0 Å². The van der Waals surface area contributed by atoms with Crippen LogP contribution in [0.1, 0.15) is 0 Å². The molecule has 0 N–H and O–H groups in total. The number of hydrogen-bond acceptors (Lipinski definition) is 2. The van der Waals surface area contributed by atoms with Gasteiger partial charge in [0.15, 0.2) is 0 Å². The van der Waals surface area contributed by atoms with E-state index in [-0.39, 0.29) is 5.63 Å². The molecule has 0 amide bonds. The highest BCUT2D eigenvalue weighted by Crippen LogP contribution is 2.09. The summed E-state index contributed by atoms with van der Waals surface area (Å²) in [7, 11) is 2.56. The predicted molar refractivity (Wildman–Crippen MR) is 51.8 cm³/mol. The van der Waals surface area contributed by atoms with Gasteiger partial charge in [-0.15, -0.1) is 9.24 Å². The molecule has 0 aliphatic heterocycles. The first-order valence-electron chi connectivity index (χ1n) is 3.55. The first-order chi connectivity index (χ1) is 5.75. The van der Waals surface area contributed by atoms with Crippen molar-refractivity contribution in [3.63, 3.8) is 0 Å². The summed E-state index contributed by atoms with van der Waals surface area (Å²) in [6.45, 7) is 0. The molecule has 0 saturated heterocycles. The van der Waals surface area contributed by atoms with Crippen LogP contribution in [0.5, 0.6) is 0 Å². The Kier molecular flexibility index (Phi) is 1.70. The molecular weight excluding hydrogens is 171 g/mol. The van der Waals surface area contributed by atoms with Crippen LogP contribution in [0.4, 0.5) is 0 Å². The van der Waals surface area contributed by atoms with E-state index in [1.807, 2.05) is 18.2 Å². The fourth-order valence-corrected chi connectivity index (χ4v) is 1.32. The lowest BCUT2D eigenvalue weighted by Gasteiger charge is -1.95. The number of fused-ring (bicyclic) bond motifs is 1. The lowest BCUT2D eigenvalue weighted by atomic mass is 10.2. The molecule has 12 heavy (non-hydrogen) atoms. The maximum absolute atomic E-state index is 10.8. The zero-order valence-corrected chi connectivity index (χ0v) is 7.44. The van der Waals surface area contributed by atoms with Crippen LogP contribution in [0.2, 0.25) is 0 Å². The molecule has 2 nitrogen and oxygen atoms in total. The summed E-state index contributed by atoms with van der Waals surface area (Å²) in [4.78, 5) is 10.8. The molecule has 60 valence electrons. The van der Waals surface area contributed by atoms with Gasteiger partial charge in [0.25, 0.3) is 0 Å². The topological polar surface area (TPSA) is 30.2 Å². The molecule has 0 aliphatic carbocycles. The predicted octanol–water partition coefficient (Wildman–Crippen LogP) is 1.29. The molecule has 1 aromatic carbocycles. The number of hydrogen-bond donors (Lipinski definition) is 0. The minimum absolute atomic E-state index is 0.307. The third kappa shape index (κ3) is 1.26. The summed E-state index contributed by atoms with van der Waals surface area (Å²) in [5.74, 6) is 0. The van der Waals surface area contributed by atoms with Crippen molar-refractivity contribution in [2.24, 2.45) is 0 Å². The summed E-state index contributed by atoms with van der Waals surface area (Å²) in [6.07, 6.45) is 0. The van der Waals surface area contributed by atoms with Gasteiger partial charge in [-0.3, -0.25) is 0 Å². The molecule has 1 aromatic heterocycles. The standard InChI is InChI=1S/C9H7O2P/c10-9-4-2-6-1-3-7(12)5-8(6)11-9/h1-5H,12H2. The number of benzene rings is 1. The van der Waals surface area contributed by atoms with Crippen molar-refractivity contribution in [3.05, 3.63) is 40.8 Å². The maximum atomic E-state index is 10.8. The van der Waals surface area contributed by atoms with Crippen molar-refractivity contribution in [1.82, 2.24) is 0 Å². The molecule has 1 atom stereocenters. The highest BCUT2D eigenvalue weighted by molar-refractivity contribution is 7.27. The van der Waals surface area contributed by atoms with Gasteiger partial charge in [-0.1, -0.05) is 12.1 Å². The summed E-state index contributed by atoms with van der Waals surface area (Å²) in [5.41, 5.74) is 0.327. The fourth-order valence-electron chi connectivity index (χ4n) is 1.08. The fraction of sp³-hybridized carbons (Fsp3) is 0. The van der Waals surface area contributed by atoms with Gasteiger partial charge in [0.05, 0.1) is 0 Å². The smallest absolute Gasteiger partial charge is 0.336 e. The second-order valence-electron chi connectivity index (χ2n) is 2.55. The molecular formula is C9H7O2P. The van der Waals surface area contributed by atoms with Gasteiger partial charge in [0, 0.05) is 11.5 Å². The highest BCUT2D eigenvalue weighted by Gasteiger charge is 1.95. The normalized spacial score (nSPS) is 10.4. The molecule has 0 fully saturated rings. The van der Waals surface area contributed by atoms with Crippen LogP contribution in [0.15, 0.2) is 39.5 Å². The number of rotatable bonds is 0. The van der Waals surface area contributed by atoms with Gasteiger partial charge in [-0.25, -0.2) is 4.79 Å². The van der Waals surface area contributed by atoms with Gasteiger partial charge in [-0.2, -0.15) is 0 Å². The maximum Gasteiger partial charge on any atom is 0.336 e. The van der Waals surface area contributed by atoms with Gasteiger partial charge >= 0.3 is 5.63 Å². The first-order valence-corrected chi connectivity index (χ1v) is 4.13. The van der Waals surface area contributed by atoms with Crippen LogP contribution in [0.25, 0.3) is 11.0 Å². The molecule has 0 saturated carbocycles. The molecule has 0 aliphatic rings. The second-order valence-corrected chi connectivity index (χ2v) is 3.22. The Morgan fingerprint density at radius 2 is 1.92 bits per heavy atom. The van der Waals surface area contributed by atoms with E-state index in [2.05, 4.69) is 9.24 Å². The Morgan fingerprint density at radius 3 is 2.75 bits per heavy atom. The van der Waals surface area contributed by atoms with Crippen molar-refractivity contribution in [2.45, 2.75) is 0 Å². The van der Waals surface area contributed by atoms with Gasteiger partial charge < -0.3 is 4.42 Å². The van der Waals surface area contributed by atoms with E-state index in [1.54, 1.807) is 6.07 Å². The van der Waals surface area contributed by atoms with E-state index in [0.29, 0.717) is 5.58 Å². The Morgan fingerprint density at radius 1 is 1.17 bits per heavy atom. The summed E-state index contributed by atoms with van der Waals surface area (Å²) in [6, 6.07) is 8.87. The van der Waals surface area contributed by atoms with E-state index in [0.717, 1.165) is 10.7 Å². The van der Waals surface area contributed by atoms with Crippen LogP contribution in [0.3, 0.4) is 0 Å². The van der Waals surface area contributed by atoms with Crippen molar-refractivity contribution in [1.29, 1.82) is 0 Å². The molecule has 2 aromatic rings. The van der Waals surface area contributed by atoms with E-state index in [1.165, 1.54) is 6.07 Å². The monoisotopic (exact) mass is 178 g/mol. The first kappa shape index (κ1) is 7.51. The molecule has 3 heteroatoms. The second kappa shape index (κ2) is 2.72. The van der Waals surface area contributed by atoms with Crippen LogP contribution < -0.4 is 10.9 Å². The molecule has 1 heterocycles. The Hall–Kier alpha value is -1.14. The SMILES string of the molecule is O=c1ccc2ccc(P)cc2o1. The minimum atomic E-state index is -0.307. The van der Waals surface area contributed by atoms with Gasteiger partial charge in [0.2, 0.25) is 0 Å².